The zero-order chi connectivity index (χ0) is 21.8. The molecule has 2 aliphatic heterocycles. The third kappa shape index (κ3) is 2.84. The number of ether oxygens (including phenoxy) is 1. The van der Waals surface area contributed by atoms with E-state index in [1.807, 2.05) is 0 Å². The maximum Gasteiger partial charge on any atom is 0.144 e. The van der Waals surface area contributed by atoms with Crippen LogP contribution in [0.25, 0.3) is 10.9 Å². The van der Waals surface area contributed by atoms with Crippen LogP contribution in [0.4, 0.5) is 17.1 Å². The van der Waals surface area contributed by atoms with Gasteiger partial charge in [0.2, 0.25) is 0 Å². The van der Waals surface area contributed by atoms with Crippen LogP contribution in [0.5, 0.6) is 5.75 Å². The third-order valence-electron chi connectivity index (χ3n) is 6.83. The summed E-state index contributed by atoms with van der Waals surface area (Å²) in [6, 6.07) is 24.1. The molecule has 6 rings (SSSR count). The molecular weight excluding hydrogens is 396 g/mol. The molecule has 32 heavy (non-hydrogen) atoms. The molecule has 0 radical (unpaired) electrons. The lowest BCUT2D eigenvalue weighted by molar-refractivity contribution is 0.415. The number of aryl methyl sites for hydroxylation is 1. The first kappa shape index (κ1) is 19.1. The predicted octanol–water partition coefficient (Wildman–Crippen LogP) is 5.54. The fourth-order valence-electron chi connectivity index (χ4n) is 5.38. The number of benzene rings is 3. The number of hydrogen-bond acceptors (Lipinski definition) is 4. The predicted molar refractivity (Wildman–Crippen MR) is 132 cm³/mol. The van der Waals surface area contributed by atoms with Gasteiger partial charge in [0, 0.05) is 32.1 Å². The van der Waals surface area contributed by atoms with Gasteiger partial charge in [-0.15, -0.1) is 0 Å². The van der Waals surface area contributed by atoms with E-state index in [0.717, 1.165) is 36.8 Å². The van der Waals surface area contributed by atoms with Gasteiger partial charge in [0.25, 0.3) is 0 Å². The highest BCUT2D eigenvalue weighted by Gasteiger charge is 2.34. The number of fused-ring (bicyclic) bond motifs is 1. The van der Waals surface area contributed by atoms with Gasteiger partial charge in [-0.3, -0.25) is 0 Å². The summed E-state index contributed by atoms with van der Waals surface area (Å²) >= 11 is 0. The van der Waals surface area contributed by atoms with Crippen LogP contribution < -0.4 is 19.9 Å². The van der Waals surface area contributed by atoms with Crippen molar-refractivity contribution in [1.82, 2.24) is 4.57 Å². The molecule has 3 heterocycles. The summed E-state index contributed by atoms with van der Waals surface area (Å²) in [5, 5.41) is 5.05. The van der Waals surface area contributed by atoms with Gasteiger partial charge in [0.15, 0.2) is 0 Å². The van der Waals surface area contributed by atoms with Gasteiger partial charge in [-0.05, 0) is 42.3 Å². The fraction of sp³-hybridized carbons (Fsp3) is 0.259. The Morgan fingerprint density at radius 3 is 2.66 bits per heavy atom. The van der Waals surface area contributed by atoms with E-state index < -0.39 is 0 Å². The largest absolute Gasteiger partial charge is 0.494 e. The second-order valence-electron chi connectivity index (χ2n) is 8.86. The summed E-state index contributed by atoms with van der Waals surface area (Å²) < 4.78 is 8.22. The molecule has 3 aromatic carbocycles. The molecular formula is C27H28N4O. The Labute approximate surface area is 188 Å². The molecule has 0 saturated carbocycles. The molecule has 1 unspecified atom stereocenters. The van der Waals surface area contributed by atoms with Crippen LogP contribution in [0.1, 0.15) is 23.0 Å². The van der Waals surface area contributed by atoms with E-state index in [1.54, 1.807) is 7.11 Å². The van der Waals surface area contributed by atoms with Gasteiger partial charge in [-0.2, -0.15) is 0 Å². The van der Waals surface area contributed by atoms with Crippen molar-refractivity contribution in [2.24, 2.45) is 0 Å². The SMILES string of the molecule is COc1cc(C)cc2c1N(C)C(c1cc3cccc4c3n1CCN4Cc1ccccc1)N2. The molecule has 0 saturated heterocycles. The highest BCUT2D eigenvalue weighted by molar-refractivity contribution is 5.94. The number of nitrogens with zero attached hydrogens (tertiary/aromatic N) is 3. The minimum atomic E-state index is 0.0709. The highest BCUT2D eigenvalue weighted by Crippen LogP contribution is 2.48. The van der Waals surface area contributed by atoms with Crippen molar-refractivity contribution in [2.75, 3.05) is 35.8 Å². The summed E-state index contributed by atoms with van der Waals surface area (Å²) in [6.07, 6.45) is 0.0709. The molecule has 1 aromatic heterocycles. The van der Waals surface area contributed by atoms with Crippen LogP contribution in [0.15, 0.2) is 66.7 Å². The standard InChI is InChI=1S/C27H28N4O/c1-18-14-21-26(24(15-18)32-3)29(2)27(28-21)23-16-20-10-7-11-22-25(20)31(23)13-12-30(22)17-19-8-5-4-6-9-19/h4-11,14-16,27-28H,12-13,17H2,1-3H3. The molecule has 1 atom stereocenters. The van der Waals surface area contributed by atoms with E-state index in [4.69, 9.17) is 4.74 Å². The smallest absolute Gasteiger partial charge is 0.144 e. The zero-order valence-electron chi connectivity index (χ0n) is 18.8. The number of aromatic nitrogens is 1. The molecule has 2 aliphatic rings. The topological polar surface area (TPSA) is 32.7 Å². The van der Waals surface area contributed by atoms with Crippen molar-refractivity contribution in [3.63, 3.8) is 0 Å². The zero-order valence-corrected chi connectivity index (χ0v) is 18.8. The van der Waals surface area contributed by atoms with Crippen molar-refractivity contribution in [1.29, 1.82) is 0 Å². The summed E-state index contributed by atoms with van der Waals surface area (Å²) in [6.45, 7) is 5.01. The Morgan fingerprint density at radius 1 is 1.00 bits per heavy atom. The average Bonchev–Trinajstić information content (AvgIpc) is 3.34. The Morgan fingerprint density at radius 2 is 1.84 bits per heavy atom. The number of rotatable bonds is 4. The first-order valence-corrected chi connectivity index (χ1v) is 11.2. The fourth-order valence-corrected chi connectivity index (χ4v) is 5.38. The molecule has 0 amide bonds. The Balaban J connectivity index is 1.41. The van der Waals surface area contributed by atoms with Gasteiger partial charge in [-0.1, -0.05) is 42.5 Å². The van der Waals surface area contributed by atoms with Gasteiger partial charge in [0.1, 0.15) is 17.6 Å². The molecule has 4 aromatic rings. The van der Waals surface area contributed by atoms with Gasteiger partial charge < -0.3 is 24.4 Å². The van der Waals surface area contributed by atoms with Gasteiger partial charge >= 0.3 is 0 Å². The second-order valence-corrected chi connectivity index (χ2v) is 8.86. The molecule has 0 fully saturated rings. The third-order valence-corrected chi connectivity index (χ3v) is 6.83. The highest BCUT2D eigenvalue weighted by atomic mass is 16.5. The molecule has 0 spiro atoms. The lowest BCUT2D eigenvalue weighted by Gasteiger charge is -2.33. The van der Waals surface area contributed by atoms with E-state index in [0.29, 0.717) is 0 Å². The summed E-state index contributed by atoms with van der Waals surface area (Å²) in [7, 11) is 3.90. The van der Waals surface area contributed by atoms with Crippen LogP contribution in [0.3, 0.4) is 0 Å². The Kier molecular flexibility index (Phi) is 4.32. The van der Waals surface area contributed by atoms with Crippen molar-refractivity contribution >= 4 is 28.0 Å². The van der Waals surface area contributed by atoms with Crippen LogP contribution in [0.2, 0.25) is 0 Å². The van der Waals surface area contributed by atoms with Gasteiger partial charge in [-0.25, -0.2) is 0 Å². The number of nitrogens with one attached hydrogen (secondary N) is 1. The molecule has 162 valence electrons. The van der Waals surface area contributed by atoms with E-state index >= 15 is 0 Å². The van der Waals surface area contributed by atoms with Crippen molar-refractivity contribution in [3.05, 3.63) is 83.6 Å². The Bertz CT molecular complexity index is 1310. The lowest BCUT2D eigenvalue weighted by atomic mass is 10.1. The van der Waals surface area contributed by atoms with E-state index in [9.17, 15) is 0 Å². The first-order chi connectivity index (χ1) is 15.6. The lowest BCUT2D eigenvalue weighted by Crippen LogP contribution is -2.33. The summed E-state index contributed by atoms with van der Waals surface area (Å²) in [5.74, 6) is 0.919. The summed E-state index contributed by atoms with van der Waals surface area (Å²) in [4.78, 5) is 4.82. The average molecular weight is 425 g/mol. The summed E-state index contributed by atoms with van der Waals surface area (Å²) in [5.41, 5.74) is 8.75. The quantitative estimate of drug-likeness (QED) is 0.466. The first-order valence-electron chi connectivity index (χ1n) is 11.2. The molecule has 5 heteroatoms. The molecule has 1 N–H and O–H groups in total. The van der Waals surface area contributed by atoms with Gasteiger partial charge in [0.05, 0.1) is 29.7 Å². The number of para-hydroxylation sites is 1. The van der Waals surface area contributed by atoms with Crippen molar-refractivity contribution < 1.29 is 4.74 Å². The maximum atomic E-state index is 5.71. The number of anilines is 3. The van der Waals surface area contributed by atoms with Crippen LogP contribution in [-0.4, -0.2) is 25.3 Å². The number of hydrogen-bond donors (Lipinski definition) is 1. The van der Waals surface area contributed by atoms with Crippen molar-refractivity contribution in [2.45, 2.75) is 26.2 Å². The second kappa shape index (κ2) is 7.23. The number of methoxy groups -OCH3 is 1. The minimum absolute atomic E-state index is 0.0709. The minimum Gasteiger partial charge on any atom is -0.494 e. The van der Waals surface area contributed by atoms with Crippen LogP contribution in [0, 0.1) is 6.92 Å². The monoisotopic (exact) mass is 424 g/mol. The molecule has 0 aliphatic carbocycles. The van der Waals surface area contributed by atoms with Crippen LogP contribution >= 0.6 is 0 Å². The van der Waals surface area contributed by atoms with E-state index in [1.165, 1.54) is 33.4 Å². The van der Waals surface area contributed by atoms with E-state index in [-0.39, 0.29) is 6.17 Å². The van der Waals surface area contributed by atoms with Crippen molar-refractivity contribution in [3.8, 4) is 5.75 Å². The van der Waals surface area contributed by atoms with E-state index in [2.05, 4.69) is 100 Å². The molecule has 5 nitrogen and oxygen atoms in total. The van der Waals surface area contributed by atoms with Crippen LogP contribution in [-0.2, 0) is 13.1 Å². The molecule has 0 bridgehead atoms. The Hall–Kier alpha value is -3.60. The maximum absolute atomic E-state index is 5.71. The normalized spacial score (nSPS) is 16.9.